The molecule has 0 unspecified atom stereocenters. The molecule has 2 N–H and O–H groups in total. The van der Waals surface area contributed by atoms with Crippen LogP contribution in [0.2, 0.25) is 0 Å². The molecule has 1 rings (SSSR count). The van der Waals surface area contributed by atoms with E-state index in [9.17, 15) is 8.42 Å². The van der Waals surface area contributed by atoms with Crippen LogP contribution in [-0.2, 0) is 15.6 Å². The number of aromatic nitrogens is 1. The van der Waals surface area contributed by atoms with Gasteiger partial charge in [0.15, 0.2) is 9.84 Å². The fourth-order valence-corrected chi connectivity index (χ4v) is 1.98. The molecule has 0 spiro atoms. The lowest BCUT2D eigenvalue weighted by molar-refractivity contribution is 0.586. The minimum absolute atomic E-state index is 0.0149. The zero-order chi connectivity index (χ0) is 10.8. The fraction of sp³-hybridized carbons (Fsp3) is 0.444. The second-order valence-electron chi connectivity index (χ2n) is 3.43. The van der Waals surface area contributed by atoms with Gasteiger partial charge in [-0.1, -0.05) is 0 Å². The highest BCUT2D eigenvalue weighted by Crippen LogP contribution is 2.15. The first-order chi connectivity index (χ1) is 6.43. The van der Waals surface area contributed by atoms with Crippen molar-refractivity contribution in [1.82, 2.24) is 4.98 Å². The van der Waals surface area contributed by atoms with Crippen LogP contribution in [0.5, 0.6) is 0 Å². The molecule has 14 heavy (non-hydrogen) atoms. The summed E-state index contributed by atoms with van der Waals surface area (Å²) in [6, 6.07) is 1.63. The third-order valence-corrected chi connectivity index (χ3v) is 4.17. The SMILES string of the molecule is CC(C)S(=O)(=O)Cc1ccncc1N. The number of sulfone groups is 1. The van der Waals surface area contributed by atoms with Gasteiger partial charge in [0.1, 0.15) is 0 Å². The molecule has 5 heteroatoms. The number of nitrogens with zero attached hydrogens (tertiary/aromatic N) is 1. The highest BCUT2D eigenvalue weighted by molar-refractivity contribution is 7.91. The third kappa shape index (κ3) is 2.45. The summed E-state index contributed by atoms with van der Waals surface area (Å²) in [5.74, 6) is -0.0149. The monoisotopic (exact) mass is 214 g/mol. The van der Waals surface area contributed by atoms with Gasteiger partial charge in [-0.2, -0.15) is 0 Å². The molecule has 0 radical (unpaired) electrons. The molecule has 0 aliphatic heterocycles. The van der Waals surface area contributed by atoms with Crippen molar-refractivity contribution in [2.24, 2.45) is 0 Å². The van der Waals surface area contributed by atoms with Gasteiger partial charge in [-0.15, -0.1) is 0 Å². The predicted molar refractivity (Wildman–Crippen MR) is 56.4 cm³/mol. The van der Waals surface area contributed by atoms with E-state index in [0.29, 0.717) is 11.3 Å². The van der Waals surface area contributed by atoms with Crippen molar-refractivity contribution in [1.29, 1.82) is 0 Å². The van der Waals surface area contributed by atoms with Crippen LogP contribution in [0.1, 0.15) is 19.4 Å². The Balaban J connectivity index is 2.96. The first-order valence-electron chi connectivity index (χ1n) is 4.33. The predicted octanol–water partition coefficient (Wildman–Crippen LogP) is 0.987. The van der Waals surface area contributed by atoms with Gasteiger partial charge in [0, 0.05) is 6.20 Å². The zero-order valence-electron chi connectivity index (χ0n) is 8.27. The number of nitrogens with two attached hydrogens (primary N) is 1. The summed E-state index contributed by atoms with van der Waals surface area (Å²) in [7, 11) is -3.08. The highest BCUT2D eigenvalue weighted by Gasteiger charge is 2.17. The average Bonchev–Trinajstić information content (AvgIpc) is 2.08. The van der Waals surface area contributed by atoms with Gasteiger partial charge >= 0.3 is 0 Å². The molecule has 4 nitrogen and oxygen atoms in total. The van der Waals surface area contributed by atoms with E-state index in [0.717, 1.165) is 0 Å². The first kappa shape index (κ1) is 11.0. The Labute approximate surface area is 84.1 Å². The van der Waals surface area contributed by atoms with Crippen molar-refractivity contribution in [3.8, 4) is 0 Å². The van der Waals surface area contributed by atoms with E-state index in [1.807, 2.05) is 0 Å². The Morgan fingerprint density at radius 1 is 1.50 bits per heavy atom. The molecular weight excluding hydrogens is 200 g/mol. The fourth-order valence-electron chi connectivity index (χ4n) is 0.950. The quantitative estimate of drug-likeness (QED) is 0.814. The molecule has 0 atom stereocenters. The van der Waals surface area contributed by atoms with E-state index in [-0.39, 0.29) is 11.0 Å². The normalized spacial score (nSPS) is 11.9. The van der Waals surface area contributed by atoms with E-state index < -0.39 is 9.84 Å². The molecule has 0 aromatic carbocycles. The molecule has 0 saturated carbocycles. The summed E-state index contributed by atoms with van der Waals surface area (Å²) in [5.41, 5.74) is 6.65. The summed E-state index contributed by atoms with van der Waals surface area (Å²) in [6.45, 7) is 3.32. The van der Waals surface area contributed by atoms with Crippen LogP contribution in [0.4, 0.5) is 5.69 Å². The molecule has 0 saturated heterocycles. The van der Waals surface area contributed by atoms with Crippen molar-refractivity contribution >= 4 is 15.5 Å². The Kier molecular flexibility index (Phi) is 3.10. The average molecular weight is 214 g/mol. The van der Waals surface area contributed by atoms with Crippen LogP contribution in [0.3, 0.4) is 0 Å². The van der Waals surface area contributed by atoms with E-state index in [1.54, 1.807) is 26.1 Å². The topological polar surface area (TPSA) is 73.0 Å². The number of hydrogen-bond donors (Lipinski definition) is 1. The van der Waals surface area contributed by atoms with Crippen LogP contribution in [-0.4, -0.2) is 18.7 Å². The second kappa shape index (κ2) is 3.96. The van der Waals surface area contributed by atoms with E-state index in [2.05, 4.69) is 4.98 Å². The largest absolute Gasteiger partial charge is 0.397 e. The van der Waals surface area contributed by atoms with Crippen molar-refractivity contribution in [3.05, 3.63) is 24.0 Å². The minimum Gasteiger partial charge on any atom is -0.397 e. The number of pyridine rings is 1. The van der Waals surface area contributed by atoms with E-state index in [1.165, 1.54) is 6.20 Å². The van der Waals surface area contributed by atoms with Gasteiger partial charge in [0.05, 0.1) is 22.9 Å². The Hall–Kier alpha value is -1.10. The maximum Gasteiger partial charge on any atom is 0.156 e. The molecular formula is C9H14N2O2S. The highest BCUT2D eigenvalue weighted by atomic mass is 32.2. The maximum atomic E-state index is 11.6. The van der Waals surface area contributed by atoms with Gasteiger partial charge in [0.2, 0.25) is 0 Å². The van der Waals surface area contributed by atoms with Crippen LogP contribution in [0, 0.1) is 0 Å². The number of hydrogen-bond acceptors (Lipinski definition) is 4. The zero-order valence-corrected chi connectivity index (χ0v) is 9.08. The van der Waals surface area contributed by atoms with Crippen molar-refractivity contribution in [2.45, 2.75) is 24.9 Å². The van der Waals surface area contributed by atoms with Crippen molar-refractivity contribution < 1.29 is 8.42 Å². The lowest BCUT2D eigenvalue weighted by Gasteiger charge is -2.08. The van der Waals surface area contributed by atoms with Crippen LogP contribution < -0.4 is 5.73 Å². The summed E-state index contributed by atoms with van der Waals surface area (Å²) in [6.07, 6.45) is 3.01. The summed E-state index contributed by atoms with van der Waals surface area (Å²) in [4.78, 5) is 3.80. The third-order valence-electron chi connectivity index (χ3n) is 2.02. The second-order valence-corrected chi connectivity index (χ2v) is 5.99. The Morgan fingerprint density at radius 2 is 2.14 bits per heavy atom. The lowest BCUT2D eigenvalue weighted by atomic mass is 10.3. The Morgan fingerprint density at radius 3 is 2.64 bits per heavy atom. The van der Waals surface area contributed by atoms with Crippen molar-refractivity contribution in [3.63, 3.8) is 0 Å². The molecule has 1 heterocycles. The summed E-state index contributed by atoms with van der Waals surface area (Å²) < 4.78 is 23.2. The van der Waals surface area contributed by atoms with Crippen LogP contribution >= 0.6 is 0 Å². The summed E-state index contributed by atoms with van der Waals surface area (Å²) in [5, 5.41) is -0.380. The van der Waals surface area contributed by atoms with Crippen molar-refractivity contribution in [2.75, 3.05) is 5.73 Å². The van der Waals surface area contributed by atoms with E-state index >= 15 is 0 Å². The molecule has 0 aliphatic rings. The van der Waals surface area contributed by atoms with E-state index in [4.69, 9.17) is 5.73 Å². The van der Waals surface area contributed by atoms with Gasteiger partial charge in [0.25, 0.3) is 0 Å². The number of anilines is 1. The molecule has 0 aliphatic carbocycles. The molecule has 0 amide bonds. The molecule has 1 aromatic rings. The first-order valence-corrected chi connectivity index (χ1v) is 6.05. The molecule has 0 bridgehead atoms. The number of nitrogen functional groups attached to an aromatic ring is 1. The molecule has 0 fully saturated rings. The Bertz CT molecular complexity index is 413. The molecule has 1 aromatic heterocycles. The van der Waals surface area contributed by atoms with Gasteiger partial charge < -0.3 is 5.73 Å². The standard InChI is InChI=1S/C9H14N2O2S/c1-7(2)14(12,13)6-8-3-4-11-5-9(8)10/h3-5,7H,6,10H2,1-2H3. The van der Waals surface area contributed by atoms with Gasteiger partial charge in [-0.3, -0.25) is 4.98 Å². The summed E-state index contributed by atoms with van der Waals surface area (Å²) >= 11 is 0. The van der Waals surface area contributed by atoms with Crippen LogP contribution in [0.15, 0.2) is 18.5 Å². The molecule has 78 valence electrons. The lowest BCUT2D eigenvalue weighted by Crippen LogP contribution is -2.16. The number of rotatable bonds is 3. The maximum absolute atomic E-state index is 11.6. The van der Waals surface area contributed by atoms with Gasteiger partial charge in [-0.05, 0) is 25.5 Å². The minimum atomic E-state index is -3.08. The van der Waals surface area contributed by atoms with Crippen LogP contribution in [0.25, 0.3) is 0 Å². The smallest absolute Gasteiger partial charge is 0.156 e. The van der Waals surface area contributed by atoms with Gasteiger partial charge in [-0.25, -0.2) is 8.42 Å².